The number of nitrogens with one attached hydrogen (secondary N) is 1. The molecule has 2 aromatic heterocycles. The average molecular weight is 493 g/mol. The Bertz CT molecular complexity index is 1290. The molecule has 2 aliphatic rings. The van der Waals surface area contributed by atoms with Gasteiger partial charge in [-0.3, -0.25) is 4.79 Å². The third-order valence-electron chi connectivity index (χ3n) is 7.03. The summed E-state index contributed by atoms with van der Waals surface area (Å²) in [6, 6.07) is 10.9. The highest BCUT2D eigenvalue weighted by molar-refractivity contribution is 6.01. The normalized spacial score (nSPS) is 21.2. The van der Waals surface area contributed by atoms with E-state index in [2.05, 4.69) is 26.3 Å². The smallest absolute Gasteiger partial charge is 0.368 e. The Morgan fingerprint density at radius 2 is 1.86 bits per heavy atom. The maximum Gasteiger partial charge on any atom is 0.417 e. The summed E-state index contributed by atoms with van der Waals surface area (Å²) in [5.74, 6) is 0.938. The molecule has 1 saturated heterocycles. The molecule has 184 valence electrons. The number of carbonyl (C=O) groups is 1. The SMILES string of the molecule is N#Cc1ccc(-c2ncccn2)c(C(=O)N2C(CNc3ccc(C(F)(F)F)cn3)CCC3CCC32)c1. The summed E-state index contributed by atoms with van der Waals surface area (Å²) in [4.78, 5) is 28.4. The van der Waals surface area contributed by atoms with Crippen LogP contribution >= 0.6 is 0 Å². The summed E-state index contributed by atoms with van der Waals surface area (Å²) in [5.41, 5.74) is 0.472. The highest BCUT2D eigenvalue weighted by Gasteiger charge is 2.45. The van der Waals surface area contributed by atoms with Crippen LogP contribution in [0.15, 0.2) is 55.0 Å². The van der Waals surface area contributed by atoms with Crippen LogP contribution in [0.3, 0.4) is 0 Å². The lowest BCUT2D eigenvalue weighted by Crippen LogP contribution is -2.59. The quantitative estimate of drug-likeness (QED) is 0.543. The fourth-order valence-corrected chi connectivity index (χ4v) is 5.04. The predicted octanol–water partition coefficient (Wildman–Crippen LogP) is 4.92. The van der Waals surface area contributed by atoms with Crippen LogP contribution in [-0.2, 0) is 6.18 Å². The van der Waals surface area contributed by atoms with Gasteiger partial charge < -0.3 is 10.2 Å². The van der Waals surface area contributed by atoms with Crippen LogP contribution < -0.4 is 5.32 Å². The van der Waals surface area contributed by atoms with E-state index in [0.717, 1.165) is 37.9 Å². The molecule has 1 saturated carbocycles. The number of carbonyl (C=O) groups excluding carboxylic acids is 1. The number of anilines is 1. The van der Waals surface area contributed by atoms with Crippen molar-refractivity contribution < 1.29 is 18.0 Å². The van der Waals surface area contributed by atoms with Crippen LogP contribution in [0.1, 0.15) is 47.2 Å². The summed E-state index contributed by atoms with van der Waals surface area (Å²) < 4.78 is 38.6. The molecule has 7 nitrogen and oxygen atoms in total. The third-order valence-corrected chi connectivity index (χ3v) is 7.03. The fourth-order valence-electron chi connectivity index (χ4n) is 5.04. The van der Waals surface area contributed by atoms with E-state index in [9.17, 15) is 23.2 Å². The molecular formula is C26H23F3N6O. The number of fused-ring (bicyclic) bond motifs is 1. The van der Waals surface area contributed by atoms with Crippen molar-refractivity contribution in [1.82, 2.24) is 19.9 Å². The van der Waals surface area contributed by atoms with E-state index in [1.807, 2.05) is 4.90 Å². The first-order chi connectivity index (χ1) is 17.3. The first-order valence-electron chi connectivity index (χ1n) is 11.8. The zero-order chi connectivity index (χ0) is 25.3. The number of halogens is 3. The molecule has 1 N–H and O–H groups in total. The monoisotopic (exact) mass is 492 g/mol. The van der Waals surface area contributed by atoms with Gasteiger partial charge in [-0.1, -0.05) is 0 Å². The lowest BCUT2D eigenvalue weighted by atomic mass is 9.71. The van der Waals surface area contributed by atoms with Gasteiger partial charge >= 0.3 is 6.18 Å². The third kappa shape index (κ3) is 4.61. The van der Waals surface area contributed by atoms with Gasteiger partial charge in [0.2, 0.25) is 0 Å². The molecule has 1 aliphatic heterocycles. The Labute approximate surface area is 206 Å². The van der Waals surface area contributed by atoms with Crippen LogP contribution in [0, 0.1) is 17.2 Å². The summed E-state index contributed by atoms with van der Waals surface area (Å²) >= 11 is 0. The molecule has 1 aromatic carbocycles. The molecule has 3 unspecified atom stereocenters. The molecule has 0 spiro atoms. The number of piperidine rings is 1. The molecule has 3 aromatic rings. The van der Waals surface area contributed by atoms with Crippen molar-refractivity contribution in [2.75, 3.05) is 11.9 Å². The van der Waals surface area contributed by atoms with Crippen molar-refractivity contribution >= 4 is 11.7 Å². The number of amides is 1. The first-order valence-corrected chi connectivity index (χ1v) is 11.8. The van der Waals surface area contributed by atoms with Crippen LogP contribution in [0.4, 0.5) is 19.0 Å². The van der Waals surface area contributed by atoms with Crippen molar-refractivity contribution in [2.45, 2.75) is 43.9 Å². The van der Waals surface area contributed by atoms with Gasteiger partial charge in [-0.2, -0.15) is 18.4 Å². The number of nitriles is 1. The number of hydrogen-bond acceptors (Lipinski definition) is 6. The van der Waals surface area contributed by atoms with Crippen LogP contribution in [0.2, 0.25) is 0 Å². The van der Waals surface area contributed by atoms with Gasteiger partial charge in [-0.25, -0.2) is 15.0 Å². The van der Waals surface area contributed by atoms with Crippen molar-refractivity contribution in [3.63, 3.8) is 0 Å². The van der Waals surface area contributed by atoms with Gasteiger partial charge in [0.1, 0.15) is 5.82 Å². The Morgan fingerprint density at radius 1 is 1.08 bits per heavy atom. The van der Waals surface area contributed by atoms with E-state index in [1.54, 1.807) is 36.7 Å². The number of likely N-dealkylation sites (tertiary alicyclic amines) is 1. The molecule has 0 radical (unpaired) electrons. The lowest BCUT2D eigenvalue weighted by Gasteiger charge is -2.52. The summed E-state index contributed by atoms with van der Waals surface area (Å²) in [6.07, 6.45) is 3.23. The van der Waals surface area contributed by atoms with Gasteiger partial charge in [0.05, 0.1) is 22.8 Å². The summed E-state index contributed by atoms with van der Waals surface area (Å²) in [6.45, 7) is 0.350. The number of nitrogens with zero attached hydrogens (tertiary/aromatic N) is 5. The van der Waals surface area contributed by atoms with Gasteiger partial charge in [0.25, 0.3) is 5.91 Å². The number of rotatable bonds is 5. The molecule has 36 heavy (non-hydrogen) atoms. The molecule has 10 heteroatoms. The minimum absolute atomic E-state index is 0.0777. The molecule has 1 aliphatic carbocycles. The zero-order valence-electron chi connectivity index (χ0n) is 19.2. The Hall–Kier alpha value is -4.00. The maximum absolute atomic E-state index is 14.0. The summed E-state index contributed by atoms with van der Waals surface area (Å²) in [7, 11) is 0. The van der Waals surface area contributed by atoms with Gasteiger partial charge in [-0.05, 0) is 68.0 Å². The Morgan fingerprint density at radius 3 is 2.50 bits per heavy atom. The lowest BCUT2D eigenvalue weighted by molar-refractivity contribution is -0.137. The van der Waals surface area contributed by atoms with Crippen molar-refractivity contribution in [2.24, 2.45) is 5.92 Å². The van der Waals surface area contributed by atoms with Gasteiger partial charge in [-0.15, -0.1) is 0 Å². The molecule has 0 bridgehead atoms. The van der Waals surface area contributed by atoms with E-state index in [-0.39, 0.29) is 18.0 Å². The molecule has 2 fully saturated rings. The van der Waals surface area contributed by atoms with E-state index < -0.39 is 11.7 Å². The Kier molecular flexibility index (Phi) is 6.31. The highest BCUT2D eigenvalue weighted by atomic mass is 19.4. The van der Waals surface area contributed by atoms with Crippen molar-refractivity contribution in [1.29, 1.82) is 5.26 Å². The molecule has 5 rings (SSSR count). The number of aromatic nitrogens is 3. The largest absolute Gasteiger partial charge is 0.417 e. The Balaban J connectivity index is 1.42. The predicted molar refractivity (Wildman–Crippen MR) is 126 cm³/mol. The van der Waals surface area contributed by atoms with Crippen molar-refractivity contribution in [3.05, 3.63) is 71.7 Å². The molecule has 3 atom stereocenters. The summed E-state index contributed by atoms with van der Waals surface area (Å²) in [5, 5.41) is 12.6. The van der Waals surface area contributed by atoms with Crippen LogP contribution in [0.5, 0.6) is 0 Å². The number of benzene rings is 1. The number of alkyl halides is 3. The molecular weight excluding hydrogens is 469 g/mol. The highest BCUT2D eigenvalue weighted by Crippen LogP contribution is 2.43. The minimum Gasteiger partial charge on any atom is -0.368 e. The fraction of sp³-hybridized carbons (Fsp3) is 0.346. The topological polar surface area (TPSA) is 94.8 Å². The average Bonchev–Trinajstić information content (AvgIpc) is 2.87. The van der Waals surface area contributed by atoms with E-state index >= 15 is 0 Å². The number of hydrogen-bond donors (Lipinski definition) is 1. The first kappa shape index (κ1) is 23.7. The van der Waals surface area contributed by atoms with E-state index in [0.29, 0.717) is 40.8 Å². The van der Waals surface area contributed by atoms with Gasteiger partial charge in [0, 0.05) is 42.8 Å². The van der Waals surface area contributed by atoms with Crippen molar-refractivity contribution in [3.8, 4) is 17.5 Å². The van der Waals surface area contributed by atoms with Gasteiger partial charge in [0.15, 0.2) is 5.82 Å². The second-order valence-electron chi connectivity index (χ2n) is 9.10. The molecule has 3 heterocycles. The second-order valence-corrected chi connectivity index (χ2v) is 9.10. The standard InChI is InChI=1S/C26H23F3N6O/c27-26(28,29)18-5-9-23(33-14-18)34-15-19-6-3-17-4-8-22(17)35(19)25(36)21-12-16(13-30)2-7-20(21)24-31-10-1-11-32-24/h1-2,5,7,9-12,14,17,19,22H,3-4,6,8,15H2,(H,33,34). The van der Waals surface area contributed by atoms with E-state index in [1.165, 1.54) is 6.07 Å². The van der Waals surface area contributed by atoms with E-state index in [4.69, 9.17) is 0 Å². The second kappa shape index (κ2) is 9.57. The minimum atomic E-state index is -4.45. The maximum atomic E-state index is 14.0. The van der Waals surface area contributed by atoms with Crippen LogP contribution in [-0.4, -0.2) is 44.4 Å². The zero-order valence-corrected chi connectivity index (χ0v) is 19.2. The number of pyridine rings is 1. The van der Waals surface area contributed by atoms with Crippen LogP contribution in [0.25, 0.3) is 11.4 Å². The molecule has 1 amide bonds.